The Balaban J connectivity index is 1.67. The molecule has 3 rings (SSSR count). The molecule has 4 nitrogen and oxygen atoms in total. The van der Waals surface area contributed by atoms with Crippen LogP contribution in [-0.2, 0) is 9.63 Å². The van der Waals surface area contributed by atoms with Gasteiger partial charge < -0.3 is 10.2 Å². The summed E-state index contributed by atoms with van der Waals surface area (Å²) in [7, 11) is 0. The minimum absolute atomic E-state index is 0.303. The Bertz CT molecular complexity index is 795. The first kappa shape index (κ1) is 16.3. The van der Waals surface area contributed by atoms with Crippen LogP contribution in [0.25, 0.3) is 0 Å². The average molecular weight is 414 g/mol. The highest BCUT2D eigenvalue weighted by atomic mass is 79.9. The fourth-order valence-electron chi connectivity index (χ4n) is 2.16. The number of oxime groups is 1. The molecule has 0 radical (unpaired) electrons. The van der Waals surface area contributed by atoms with Crippen molar-refractivity contribution in [3.63, 3.8) is 0 Å². The molecule has 1 amide bonds. The van der Waals surface area contributed by atoms with Gasteiger partial charge in [0.1, 0.15) is 0 Å². The number of carbonyl (C=O) groups is 1. The Morgan fingerprint density at radius 3 is 2.83 bits per heavy atom. The number of anilines is 1. The van der Waals surface area contributed by atoms with Crippen LogP contribution in [0.15, 0.2) is 52.1 Å². The largest absolute Gasteiger partial charge is 0.382 e. The summed E-state index contributed by atoms with van der Waals surface area (Å²) in [5.74, 6) is -0.303. The second kappa shape index (κ2) is 6.91. The smallest absolute Gasteiger partial charge is 0.268 e. The Morgan fingerprint density at radius 1 is 1.26 bits per heavy atom. The fourth-order valence-corrected chi connectivity index (χ4v) is 3.02. The number of hydrogen-bond donors (Lipinski definition) is 1. The van der Waals surface area contributed by atoms with Gasteiger partial charge in [0.2, 0.25) is 6.10 Å². The topological polar surface area (TPSA) is 50.7 Å². The van der Waals surface area contributed by atoms with Gasteiger partial charge in [-0.05, 0) is 30.3 Å². The van der Waals surface area contributed by atoms with Crippen molar-refractivity contribution < 1.29 is 9.63 Å². The number of benzene rings is 2. The lowest BCUT2D eigenvalue weighted by Crippen LogP contribution is -2.28. The summed E-state index contributed by atoms with van der Waals surface area (Å²) in [6, 6.07) is 12.5. The van der Waals surface area contributed by atoms with Crippen molar-refractivity contribution in [3.05, 3.63) is 62.5 Å². The van der Waals surface area contributed by atoms with Gasteiger partial charge in [0.15, 0.2) is 0 Å². The van der Waals surface area contributed by atoms with Crippen LogP contribution in [-0.4, -0.2) is 17.7 Å². The standard InChI is InChI=1S/C16H11BrCl2N2O2/c17-10-3-1-2-9(6-10)14-8-15(23-21-14)16(22)20-13-5-4-11(18)7-12(13)19/h1-7,15H,8H2,(H,20,22). The van der Waals surface area contributed by atoms with Gasteiger partial charge in [-0.25, -0.2) is 0 Å². The Labute approximate surface area is 151 Å². The van der Waals surface area contributed by atoms with Gasteiger partial charge in [0.05, 0.1) is 16.4 Å². The minimum atomic E-state index is -0.685. The van der Waals surface area contributed by atoms with Crippen molar-refractivity contribution >= 4 is 56.4 Å². The maximum atomic E-state index is 12.3. The predicted molar refractivity (Wildman–Crippen MR) is 95.3 cm³/mol. The highest BCUT2D eigenvalue weighted by molar-refractivity contribution is 9.10. The third-order valence-electron chi connectivity index (χ3n) is 3.31. The zero-order valence-electron chi connectivity index (χ0n) is 11.7. The van der Waals surface area contributed by atoms with Crippen molar-refractivity contribution in [2.45, 2.75) is 12.5 Å². The number of nitrogens with one attached hydrogen (secondary N) is 1. The van der Waals surface area contributed by atoms with Gasteiger partial charge in [0.25, 0.3) is 5.91 Å². The van der Waals surface area contributed by atoms with Gasteiger partial charge in [-0.3, -0.25) is 4.79 Å². The maximum absolute atomic E-state index is 12.3. The molecule has 0 saturated carbocycles. The summed E-state index contributed by atoms with van der Waals surface area (Å²) in [5, 5.41) is 7.61. The van der Waals surface area contributed by atoms with E-state index in [9.17, 15) is 4.79 Å². The molecule has 0 aliphatic carbocycles. The highest BCUT2D eigenvalue weighted by Crippen LogP contribution is 2.26. The number of hydrogen-bond acceptors (Lipinski definition) is 3. The Hall–Kier alpha value is -1.56. The summed E-state index contributed by atoms with van der Waals surface area (Å²) in [6.45, 7) is 0. The number of halogens is 3. The van der Waals surface area contributed by atoms with Crippen LogP contribution in [0.4, 0.5) is 5.69 Å². The van der Waals surface area contributed by atoms with E-state index in [1.54, 1.807) is 18.2 Å². The van der Waals surface area contributed by atoms with E-state index in [0.717, 1.165) is 15.7 Å². The van der Waals surface area contributed by atoms with Crippen LogP contribution in [0.1, 0.15) is 12.0 Å². The molecule has 0 aromatic heterocycles. The SMILES string of the molecule is O=C(Nc1ccc(Cl)cc1Cl)C1CC(c2cccc(Br)c2)=NO1. The van der Waals surface area contributed by atoms with E-state index >= 15 is 0 Å². The first-order chi connectivity index (χ1) is 11.0. The van der Waals surface area contributed by atoms with Gasteiger partial charge in [0, 0.05) is 21.5 Å². The number of carbonyl (C=O) groups excluding carboxylic acids is 1. The van der Waals surface area contributed by atoms with E-state index in [4.69, 9.17) is 28.0 Å². The summed E-state index contributed by atoms with van der Waals surface area (Å²) in [5.41, 5.74) is 2.13. The van der Waals surface area contributed by atoms with E-state index in [1.807, 2.05) is 24.3 Å². The van der Waals surface area contributed by atoms with Crippen LogP contribution in [0.3, 0.4) is 0 Å². The summed E-state index contributed by atoms with van der Waals surface area (Å²) in [4.78, 5) is 17.5. The first-order valence-electron chi connectivity index (χ1n) is 6.77. The molecule has 1 aliphatic rings. The summed E-state index contributed by atoms with van der Waals surface area (Å²) >= 11 is 15.3. The molecule has 2 aromatic carbocycles. The van der Waals surface area contributed by atoms with E-state index < -0.39 is 6.10 Å². The number of rotatable bonds is 3. The normalized spacial score (nSPS) is 16.7. The highest BCUT2D eigenvalue weighted by Gasteiger charge is 2.29. The third-order valence-corrected chi connectivity index (χ3v) is 4.35. The van der Waals surface area contributed by atoms with Crippen LogP contribution in [0.5, 0.6) is 0 Å². The molecule has 7 heteroatoms. The van der Waals surface area contributed by atoms with Crippen molar-refractivity contribution in [1.82, 2.24) is 0 Å². The lowest BCUT2D eigenvalue weighted by molar-refractivity contribution is -0.125. The molecule has 0 fully saturated rings. The molecular weight excluding hydrogens is 403 g/mol. The molecule has 0 saturated heterocycles. The van der Waals surface area contributed by atoms with Gasteiger partial charge in [-0.1, -0.05) is 56.4 Å². The van der Waals surface area contributed by atoms with E-state index in [1.165, 1.54) is 0 Å². The molecule has 1 heterocycles. The Kier molecular flexibility index (Phi) is 4.90. The zero-order valence-corrected chi connectivity index (χ0v) is 14.8. The van der Waals surface area contributed by atoms with E-state index in [0.29, 0.717) is 22.2 Å². The lowest BCUT2D eigenvalue weighted by Gasteiger charge is -2.11. The van der Waals surface area contributed by atoms with Crippen LogP contribution < -0.4 is 5.32 Å². The molecule has 23 heavy (non-hydrogen) atoms. The molecule has 1 atom stereocenters. The second-order valence-corrected chi connectivity index (χ2v) is 6.72. The van der Waals surface area contributed by atoms with Crippen molar-refractivity contribution in [3.8, 4) is 0 Å². The number of amides is 1. The van der Waals surface area contributed by atoms with Gasteiger partial charge in [-0.2, -0.15) is 0 Å². The maximum Gasteiger partial charge on any atom is 0.268 e. The van der Waals surface area contributed by atoms with E-state index in [-0.39, 0.29) is 5.91 Å². The lowest BCUT2D eigenvalue weighted by atomic mass is 10.0. The molecule has 1 unspecified atom stereocenters. The predicted octanol–water partition coefficient (Wildman–Crippen LogP) is 4.89. The second-order valence-electron chi connectivity index (χ2n) is 4.96. The average Bonchev–Trinajstić information content (AvgIpc) is 3.00. The summed E-state index contributed by atoms with van der Waals surface area (Å²) in [6.07, 6.45) is -0.288. The molecule has 1 aliphatic heterocycles. The monoisotopic (exact) mass is 412 g/mol. The number of nitrogens with zero attached hydrogens (tertiary/aromatic N) is 1. The molecule has 0 spiro atoms. The molecular formula is C16H11BrCl2N2O2. The van der Waals surface area contributed by atoms with Crippen molar-refractivity contribution in [2.75, 3.05) is 5.32 Å². The quantitative estimate of drug-likeness (QED) is 0.778. The van der Waals surface area contributed by atoms with Gasteiger partial charge >= 0.3 is 0 Å². The Morgan fingerprint density at radius 2 is 2.09 bits per heavy atom. The molecule has 118 valence electrons. The fraction of sp³-hybridized carbons (Fsp3) is 0.125. The minimum Gasteiger partial charge on any atom is -0.382 e. The van der Waals surface area contributed by atoms with Crippen molar-refractivity contribution in [2.24, 2.45) is 5.16 Å². The first-order valence-corrected chi connectivity index (χ1v) is 8.32. The molecule has 1 N–H and O–H groups in total. The van der Waals surface area contributed by atoms with E-state index in [2.05, 4.69) is 26.4 Å². The third kappa shape index (κ3) is 3.86. The van der Waals surface area contributed by atoms with Crippen molar-refractivity contribution in [1.29, 1.82) is 0 Å². The van der Waals surface area contributed by atoms with Gasteiger partial charge in [-0.15, -0.1) is 0 Å². The van der Waals surface area contributed by atoms with Crippen LogP contribution in [0.2, 0.25) is 10.0 Å². The summed E-state index contributed by atoms with van der Waals surface area (Å²) < 4.78 is 0.943. The molecule has 2 aromatic rings. The zero-order chi connectivity index (χ0) is 16.4. The van der Waals surface area contributed by atoms with Crippen LogP contribution in [0, 0.1) is 0 Å². The van der Waals surface area contributed by atoms with Crippen LogP contribution >= 0.6 is 39.1 Å². The molecule has 0 bridgehead atoms.